The highest BCUT2D eigenvalue weighted by atomic mass is 16.2. The van der Waals surface area contributed by atoms with Crippen molar-refractivity contribution < 1.29 is 4.79 Å². The van der Waals surface area contributed by atoms with E-state index in [-0.39, 0.29) is 18.0 Å². The molecule has 0 saturated carbocycles. The van der Waals surface area contributed by atoms with Crippen LogP contribution < -0.4 is 11.1 Å². The van der Waals surface area contributed by atoms with Gasteiger partial charge in [-0.05, 0) is 13.5 Å². The summed E-state index contributed by atoms with van der Waals surface area (Å²) in [5.74, 6) is 0.551. The van der Waals surface area contributed by atoms with Gasteiger partial charge in [0.2, 0.25) is 5.91 Å². The number of aryl methyl sites for hydroxylation is 1. The van der Waals surface area contributed by atoms with E-state index in [1.165, 1.54) is 0 Å². The van der Waals surface area contributed by atoms with Gasteiger partial charge in [0, 0.05) is 25.8 Å². The molecule has 88 valence electrons. The maximum absolute atomic E-state index is 11.9. The van der Waals surface area contributed by atoms with Crippen LogP contribution in [0.4, 0.5) is 5.82 Å². The Kier molecular flexibility index (Phi) is 2.93. The lowest BCUT2D eigenvalue weighted by Crippen LogP contribution is -2.37. The Morgan fingerprint density at radius 3 is 2.88 bits per heavy atom. The number of amides is 1. The van der Waals surface area contributed by atoms with E-state index in [9.17, 15) is 4.79 Å². The lowest BCUT2D eigenvalue weighted by Gasteiger charge is -2.17. The zero-order valence-electron chi connectivity index (χ0n) is 9.55. The minimum atomic E-state index is -0.142. The van der Waals surface area contributed by atoms with Crippen molar-refractivity contribution in [2.45, 2.75) is 18.5 Å². The molecule has 0 radical (unpaired) electrons. The minimum Gasteiger partial charge on any atom is -0.338 e. The SMILES string of the molecule is CN1CC(N)CC1C(=O)Nc1cn(C)cn1. The number of imidazole rings is 1. The molecule has 0 aromatic carbocycles. The zero-order chi connectivity index (χ0) is 11.7. The average molecular weight is 223 g/mol. The van der Waals surface area contributed by atoms with E-state index in [2.05, 4.69) is 10.3 Å². The number of nitrogens with two attached hydrogens (primary N) is 1. The number of aromatic nitrogens is 2. The van der Waals surface area contributed by atoms with Crippen LogP contribution in [0.3, 0.4) is 0 Å². The van der Waals surface area contributed by atoms with Crippen LogP contribution >= 0.6 is 0 Å². The molecule has 3 N–H and O–H groups in total. The molecule has 2 atom stereocenters. The molecule has 2 unspecified atom stereocenters. The highest BCUT2D eigenvalue weighted by Crippen LogP contribution is 2.15. The van der Waals surface area contributed by atoms with Crippen LogP contribution in [0.1, 0.15) is 6.42 Å². The third-order valence-corrected chi connectivity index (χ3v) is 2.84. The lowest BCUT2D eigenvalue weighted by atomic mass is 10.1. The molecule has 1 saturated heterocycles. The molecule has 1 aromatic heterocycles. The second-order valence-corrected chi connectivity index (χ2v) is 4.36. The second-order valence-electron chi connectivity index (χ2n) is 4.36. The van der Waals surface area contributed by atoms with E-state index < -0.39 is 0 Å². The van der Waals surface area contributed by atoms with Crippen molar-refractivity contribution in [1.29, 1.82) is 0 Å². The highest BCUT2D eigenvalue weighted by molar-refractivity contribution is 5.94. The Labute approximate surface area is 94.4 Å². The van der Waals surface area contributed by atoms with Gasteiger partial charge in [0.1, 0.15) is 0 Å². The van der Waals surface area contributed by atoms with Crippen LogP contribution in [0.5, 0.6) is 0 Å². The summed E-state index contributed by atoms with van der Waals surface area (Å²) >= 11 is 0. The normalized spacial score (nSPS) is 25.9. The summed E-state index contributed by atoms with van der Waals surface area (Å²) < 4.78 is 1.79. The van der Waals surface area contributed by atoms with Gasteiger partial charge in [-0.1, -0.05) is 0 Å². The Bertz CT molecular complexity index is 388. The quantitative estimate of drug-likeness (QED) is 0.701. The maximum atomic E-state index is 11.9. The van der Waals surface area contributed by atoms with Crippen molar-refractivity contribution in [3.05, 3.63) is 12.5 Å². The average Bonchev–Trinajstić information content (AvgIpc) is 2.73. The van der Waals surface area contributed by atoms with Crippen molar-refractivity contribution >= 4 is 11.7 Å². The monoisotopic (exact) mass is 223 g/mol. The van der Waals surface area contributed by atoms with Crippen LogP contribution in [0.25, 0.3) is 0 Å². The molecule has 16 heavy (non-hydrogen) atoms. The van der Waals surface area contributed by atoms with Gasteiger partial charge in [-0.2, -0.15) is 0 Å². The fourth-order valence-corrected chi connectivity index (χ4v) is 2.03. The first-order chi connectivity index (χ1) is 7.56. The number of hydrogen-bond acceptors (Lipinski definition) is 4. The number of likely N-dealkylation sites (tertiary alicyclic amines) is 1. The number of anilines is 1. The number of carbonyl (C=O) groups excluding carboxylic acids is 1. The van der Waals surface area contributed by atoms with Crippen molar-refractivity contribution in [3.63, 3.8) is 0 Å². The maximum Gasteiger partial charge on any atom is 0.242 e. The molecule has 1 aromatic rings. The van der Waals surface area contributed by atoms with Crippen LogP contribution in [0.2, 0.25) is 0 Å². The number of rotatable bonds is 2. The molecule has 6 heteroatoms. The summed E-state index contributed by atoms with van der Waals surface area (Å²) in [6, 6.07) is -0.0542. The highest BCUT2D eigenvalue weighted by Gasteiger charge is 2.32. The summed E-state index contributed by atoms with van der Waals surface area (Å²) in [5, 5.41) is 2.79. The minimum absolute atomic E-state index is 0.0332. The fourth-order valence-electron chi connectivity index (χ4n) is 2.03. The Hall–Kier alpha value is -1.40. The number of nitrogens with zero attached hydrogens (tertiary/aromatic N) is 3. The molecule has 1 aliphatic rings. The molecule has 6 nitrogen and oxygen atoms in total. The lowest BCUT2D eigenvalue weighted by molar-refractivity contribution is -0.119. The van der Waals surface area contributed by atoms with Crippen LogP contribution in [-0.4, -0.2) is 46.0 Å². The largest absolute Gasteiger partial charge is 0.338 e. The summed E-state index contributed by atoms with van der Waals surface area (Å²) in [4.78, 5) is 17.9. The summed E-state index contributed by atoms with van der Waals surface area (Å²) in [6.45, 7) is 0.764. The van der Waals surface area contributed by atoms with E-state index in [1.54, 1.807) is 17.1 Å². The third-order valence-electron chi connectivity index (χ3n) is 2.84. The Morgan fingerprint density at radius 2 is 2.38 bits per heavy atom. The van der Waals surface area contributed by atoms with E-state index in [1.807, 2.05) is 19.0 Å². The predicted molar refractivity (Wildman–Crippen MR) is 60.8 cm³/mol. The summed E-state index contributed by atoms with van der Waals surface area (Å²) in [5.41, 5.74) is 5.81. The number of carbonyl (C=O) groups is 1. The summed E-state index contributed by atoms with van der Waals surface area (Å²) in [7, 11) is 3.77. The van der Waals surface area contributed by atoms with Crippen molar-refractivity contribution in [2.24, 2.45) is 12.8 Å². The zero-order valence-corrected chi connectivity index (χ0v) is 9.55. The van der Waals surface area contributed by atoms with Crippen molar-refractivity contribution in [2.75, 3.05) is 18.9 Å². The van der Waals surface area contributed by atoms with Gasteiger partial charge in [-0.25, -0.2) is 4.98 Å². The molecule has 0 aliphatic carbocycles. The molecule has 1 amide bonds. The van der Waals surface area contributed by atoms with Crippen LogP contribution in [0, 0.1) is 0 Å². The number of hydrogen-bond donors (Lipinski definition) is 2. The van der Waals surface area contributed by atoms with E-state index in [4.69, 9.17) is 5.73 Å². The number of nitrogens with one attached hydrogen (secondary N) is 1. The molecular weight excluding hydrogens is 206 g/mol. The predicted octanol–water partition coefficient (Wildman–Crippen LogP) is -0.610. The second kappa shape index (κ2) is 4.23. The van der Waals surface area contributed by atoms with Crippen molar-refractivity contribution in [3.8, 4) is 0 Å². The van der Waals surface area contributed by atoms with E-state index in [0.29, 0.717) is 12.2 Å². The van der Waals surface area contributed by atoms with Crippen LogP contribution in [0.15, 0.2) is 12.5 Å². The van der Waals surface area contributed by atoms with E-state index >= 15 is 0 Å². The first-order valence-electron chi connectivity index (χ1n) is 5.31. The van der Waals surface area contributed by atoms with Crippen molar-refractivity contribution in [1.82, 2.24) is 14.5 Å². The molecule has 1 fully saturated rings. The third kappa shape index (κ3) is 2.23. The Balaban J connectivity index is 1.98. The van der Waals surface area contributed by atoms with Gasteiger partial charge >= 0.3 is 0 Å². The topological polar surface area (TPSA) is 76.2 Å². The summed E-state index contributed by atoms with van der Waals surface area (Å²) in [6.07, 6.45) is 4.13. The van der Waals surface area contributed by atoms with Gasteiger partial charge in [0.25, 0.3) is 0 Å². The molecule has 2 rings (SSSR count). The molecule has 2 heterocycles. The Morgan fingerprint density at radius 1 is 1.62 bits per heavy atom. The van der Waals surface area contributed by atoms with Gasteiger partial charge in [-0.3, -0.25) is 9.69 Å². The standard InChI is InChI=1S/C10H17N5O/c1-14-5-9(12-6-14)13-10(16)8-3-7(11)4-15(8)2/h5-8H,3-4,11H2,1-2H3,(H,13,16). The first kappa shape index (κ1) is 11.1. The van der Waals surface area contributed by atoms with Gasteiger partial charge in [-0.15, -0.1) is 0 Å². The molecule has 1 aliphatic heterocycles. The smallest absolute Gasteiger partial charge is 0.242 e. The molecular formula is C10H17N5O. The fraction of sp³-hybridized carbons (Fsp3) is 0.600. The molecule has 0 bridgehead atoms. The van der Waals surface area contributed by atoms with Crippen LogP contribution in [-0.2, 0) is 11.8 Å². The van der Waals surface area contributed by atoms with Gasteiger partial charge < -0.3 is 15.6 Å². The first-order valence-corrected chi connectivity index (χ1v) is 5.31. The number of likely N-dealkylation sites (N-methyl/N-ethyl adjacent to an activating group) is 1. The van der Waals surface area contributed by atoms with E-state index in [0.717, 1.165) is 6.54 Å². The molecule has 0 spiro atoms. The van der Waals surface area contributed by atoms with Gasteiger partial charge in [0.15, 0.2) is 5.82 Å². The van der Waals surface area contributed by atoms with Gasteiger partial charge in [0.05, 0.1) is 12.4 Å².